The minimum Gasteiger partial charge on any atom is -0.463 e. The van der Waals surface area contributed by atoms with Crippen molar-refractivity contribution in [1.82, 2.24) is 4.57 Å². The molecule has 0 bridgehead atoms. The Hall–Kier alpha value is -2.57. The number of benzene rings is 1. The molecule has 6 heteroatoms. The van der Waals surface area contributed by atoms with Gasteiger partial charge in [0.15, 0.2) is 18.6 Å². The van der Waals surface area contributed by atoms with Crippen LogP contribution in [0.1, 0.15) is 22.3 Å². The molecule has 2 aromatic heterocycles. The quantitative estimate of drug-likeness (QED) is 0.566. The van der Waals surface area contributed by atoms with Crippen molar-refractivity contribution >= 4 is 17.1 Å². The number of fused-ring (bicyclic) bond motifs is 1. The summed E-state index contributed by atoms with van der Waals surface area (Å²) < 4.78 is 11.9. The molecule has 3 aromatic rings. The van der Waals surface area contributed by atoms with Gasteiger partial charge in [-0.15, -0.1) is 0 Å². The summed E-state index contributed by atoms with van der Waals surface area (Å²) >= 11 is 0. The van der Waals surface area contributed by atoms with Crippen LogP contribution < -0.4 is 0 Å². The Morgan fingerprint density at radius 2 is 2.00 bits per heavy atom. The van der Waals surface area contributed by atoms with E-state index in [1.54, 1.807) is 36.4 Å². The van der Waals surface area contributed by atoms with Gasteiger partial charge in [-0.3, -0.25) is 0 Å². The molecule has 0 radical (unpaired) electrons. The van der Waals surface area contributed by atoms with Crippen LogP contribution in [0, 0.1) is 0 Å². The van der Waals surface area contributed by atoms with Gasteiger partial charge in [-0.1, -0.05) is 18.2 Å². The van der Waals surface area contributed by atoms with Crippen molar-refractivity contribution in [1.29, 1.82) is 0 Å². The van der Waals surface area contributed by atoms with Gasteiger partial charge in [0.2, 0.25) is 0 Å². The van der Waals surface area contributed by atoms with E-state index in [9.17, 15) is 15.0 Å². The molecule has 0 fully saturated rings. The molecule has 0 aliphatic rings. The first kappa shape index (κ1) is 13.4. The van der Waals surface area contributed by atoms with Gasteiger partial charge in [-0.05, 0) is 12.1 Å². The molecular weight excluding hydrogens is 274 g/mol. The van der Waals surface area contributed by atoms with Crippen LogP contribution in [0.15, 0.2) is 53.1 Å². The molecular formula is C15H13NO5. The minimum absolute atomic E-state index is 0.135. The average Bonchev–Trinajstić information content (AvgIpc) is 3.06. The van der Waals surface area contributed by atoms with Crippen molar-refractivity contribution in [2.45, 2.75) is 13.0 Å². The fourth-order valence-corrected chi connectivity index (χ4v) is 2.14. The maximum absolute atomic E-state index is 11.9. The molecule has 0 amide bonds. The normalized spacial score (nSPS) is 11.2. The Labute approximate surface area is 119 Å². The number of nitrogens with zero attached hydrogens (tertiary/aromatic N) is 1. The van der Waals surface area contributed by atoms with E-state index < -0.39 is 12.3 Å². The second-order valence-corrected chi connectivity index (χ2v) is 4.47. The first-order valence-corrected chi connectivity index (χ1v) is 6.32. The van der Waals surface area contributed by atoms with Crippen molar-refractivity contribution in [3.63, 3.8) is 0 Å². The summed E-state index contributed by atoms with van der Waals surface area (Å²) in [5.41, 5.74) is 1.75. The Morgan fingerprint density at radius 1 is 1.24 bits per heavy atom. The Morgan fingerprint density at radius 3 is 2.71 bits per heavy atom. The maximum Gasteiger partial charge on any atom is 0.339 e. The predicted molar refractivity (Wildman–Crippen MR) is 73.2 cm³/mol. The second-order valence-electron chi connectivity index (χ2n) is 4.47. The zero-order valence-corrected chi connectivity index (χ0v) is 11.0. The van der Waals surface area contributed by atoms with E-state index >= 15 is 0 Å². The number of aromatic nitrogens is 1. The molecule has 108 valence electrons. The van der Waals surface area contributed by atoms with Gasteiger partial charge in [0.1, 0.15) is 0 Å². The van der Waals surface area contributed by atoms with Crippen LogP contribution in [0.5, 0.6) is 0 Å². The molecule has 0 atom stereocenters. The highest BCUT2D eigenvalue weighted by atomic mass is 16.5. The molecule has 1 aromatic carbocycles. The summed E-state index contributed by atoms with van der Waals surface area (Å²) in [7, 11) is 0. The lowest BCUT2D eigenvalue weighted by molar-refractivity contribution is -0.0512. The van der Waals surface area contributed by atoms with Gasteiger partial charge in [0.05, 0.1) is 23.0 Å². The third-order valence-electron chi connectivity index (χ3n) is 3.15. The molecule has 3 rings (SSSR count). The molecule has 0 aliphatic carbocycles. The molecule has 2 N–H and O–H groups in total. The lowest BCUT2D eigenvalue weighted by Gasteiger charge is -2.11. The third kappa shape index (κ3) is 2.54. The number of aliphatic hydroxyl groups excluding tert-OH is 1. The number of aliphatic hydroxyl groups is 2. The van der Waals surface area contributed by atoms with E-state index in [1.165, 1.54) is 16.9 Å². The Bertz CT molecular complexity index is 757. The zero-order valence-electron chi connectivity index (χ0n) is 11.0. The van der Waals surface area contributed by atoms with Gasteiger partial charge in [0, 0.05) is 12.1 Å². The van der Waals surface area contributed by atoms with Crippen molar-refractivity contribution < 1.29 is 24.2 Å². The van der Waals surface area contributed by atoms with E-state index in [0.29, 0.717) is 16.7 Å². The lowest BCUT2D eigenvalue weighted by Crippen LogP contribution is -2.13. The molecule has 0 saturated carbocycles. The number of rotatable bonds is 4. The van der Waals surface area contributed by atoms with Crippen molar-refractivity contribution in [3.05, 3.63) is 60.0 Å². The minimum atomic E-state index is -1.68. The summed E-state index contributed by atoms with van der Waals surface area (Å²) in [5.74, 6) is -0.487. The van der Waals surface area contributed by atoms with E-state index in [1.807, 2.05) is 0 Å². The fraction of sp³-hybridized carbons (Fsp3) is 0.133. The predicted octanol–water partition coefficient (Wildman–Crippen LogP) is 2.03. The van der Waals surface area contributed by atoms with Crippen LogP contribution in [-0.2, 0) is 11.5 Å². The van der Waals surface area contributed by atoms with Crippen molar-refractivity contribution in [2.24, 2.45) is 0 Å². The number of hydrogen-bond acceptors (Lipinski definition) is 5. The lowest BCUT2D eigenvalue weighted by atomic mass is 10.2. The van der Waals surface area contributed by atoms with Crippen molar-refractivity contribution in [2.75, 3.05) is 0 Å². The molecule has 0 aliphatic heterocycles. The summed E-state index contributed by atoms with van der Waals surface area (Å²) in [5, 5.41) is 18.7. The zero-order chi connectivity index (χ0) is 14.8. The molecule has 0 saturated heterocycles. The Balaban J connectivity index is 1.83. The number of furan rings is 1. The Kier molecular flexibility index (Phi) is 3.47. The van der Waals surface area contributed by atoms with Crippen LogP contribution >= 0.6 is 0 Å². The van der Waals surface area contributed by atoms with E-state index in [0.717, 1.165) is 0 Å². The molecule has 2 heterocycles. The number of carbonyl (C=O) groups excluding carboxylic acids is 1. The summed E-state index contributed by atoms with van der Waals surface area (Å²) in [6.45, 7) is -0.135. The van der Waals surface area contributed by atoms with Gasteiger partial charge in [-0.25, -0.2) is 4.79 Å². The summed E-state index contributed by atoms with van der Waals surface area (Å²) in [6, 6.07) is 11.7. The second kappa shape index (κ2) is 5.43. The number of ether oxygens (including phenoxy) is 1. The van der Waals surface area contributed by atoms with Crippen LogP contribution in [0.3, 0.4) is 0 Å². The van der Waals surface area contributed by atoms with Gasteiger partial charge >= 0.3 is 5.97 Å². The van der Waals surface area contributed by atoms with E-state index in [4.69, 9.17) is 9.15 Å². The number of hydrogen-bond donors (Lipinski definition) is 2. The fourth-order valence-electron chi connectivity index (χ4n) is 2.14. The van der Waals surface area contributed by atoms with Gasteiger partial charge in [0.25, 0.3) is 0 Å². The standard InChI is InChI=1S/C15H13NO5/c17-14(18)12-8-13-11(6-7-20-13)16(12)9-21-15(19)10-4-2-1-3-5-10/h1-8,14,17-18H,9H2. The van der Waals surface area contributed by atoms with E-state index in [-0.39, 0.29) is 12.4 Å². The average molecular weight is 287 g/mol. The first-order valence-electron chi connectivity index (χ1n) is 6.32. The third-order valence-corrected chi connectivity index (χ3v) is 3.15. The summed E-state index contributed by atoms with van der Waals surface area (Å²) in [4.78, 5) is 11.9. The topological polar surface area (TPSA) is 84.8 Å². The molecule has 21 heavy (non-hydrogen) atoms. The van der Waals surface area contributed by atoms with Crippen molar-refractivity contribution in [3.8, 4) is 0 Å². The molecule has 0 unspecified atom stereocenters. The van der Waals surface area contributed by atoms with Crippen LogP contribution in [-0.4, -0.2) is 20.7 Å². The number of esters is 1. The number of carbonyl (C=O) groups is 1. The van der Waals surface area contributed by atoms with Gasteiger partial charge in [-0.2, -0.15) is 0 Å². The smallest absolute Gasteiger partial charge is 0.339 e. The summed E-state index contributed by atoms with van der Waals surface area (Å²) in [6.07, 6.45) is -0.198. The SMILES string of the molecule is O=C(OCn1c(C(O)O)cc2occc21)c1ccccc1. The first-order chi connectivity index (χ1) is 10.2. The monoisotopic (exact) mass is 287 g/mol. The largest absolute Gasteiger partial charge is 0.463 e. The van der Waals surface area contributed by atoms with E-state index in [2.05, 4.69) is 0 Å². The van der Waals surface area contributed by atoms with Crippen LogP contribution in [0.2, 0.25) is 0 Å². The van der Waals surface area contributed by atoms with Crippen LogP contribution in [0.4, 0.5) is 0 Å². The highest BCUT2D eigenvalue weighted by Crippen LogP contribution is 2.24. The molecule has 6 nitrogen and oxygen atoms in total. The van der Waals surface area contributed by atoms with Gasteiger partial charge < -0.3 is 23.9 Å². The highest BCUT2D eigenvalue weighted by molar-refractivity contribution is 5.89. The molecule has 0 spiro atoms. The maximum atomic E-state index is 11.9. The highest BCUT2D eigenvalue weighted by Gasteiger charge is 2.17. The van der Waals surface area contributed by atoms with Crippen LogP contribution in [0.25, 0.3) is 11.1 Å².